The van der Waals surface area contributed by atoms with Crippen LogP contribution in [0.25, 0.3) is 11.1 Å². The smallest absolute Gasteiger partial charge is 0.0568 e. The molecule has 2 aromatic rings. The number of nitrogens with two attached hydrogens (primary N) is 1. The lowest BCUT2D eigenvalue weighted by atomic mass is 10.1. The summed E-state index contributed by atoms with van der Waals surface area (Å²) < 4.78 is 1.78. The van der Waals surface area contributed by atoms with Crippen molar-refractivity contribution in [3.05, 3.63) is 36.7 Å². The third kappa shape index (κ3) is 1.54. The van der Waals surface area contributed by atoms with Crippen molar-refractivity contribution < 1.29 is 0 Å². The largest absolute Gasteiger partial charge is 0.399 e. The number of nitrogens with zero attached hydrogens (tertiary/aromatic N) is 2. The first-order valence-corrected chi connectivity index (χ1v) is 4.10. The molecule has 0 saturated heterocycles. The van der Waals surface area contributed by atoms with Crippen molar-refractivity contribution in [1.82, 2.24) is 9.78 Å². The highest BCUT2D eigenvalue weighted by Crippen LogP contribution is 2.18. The van der Waals surface area contributed by atoms with E-state index in [1.165, 1.54) is 0 Å². The summed E-state index contributed by atoms with van der Waals surface area (Å²) in [6.07, 6.45) is 3.82. The quantitative estimate of drug-likeness (QED) is 0.666. The molecular weight excluding hydrogens is 162 g/mol. The van der Waals surface area contributed by atoms with Crippen LogP contribution in [0, 0.1) is 0 Å². The van der Waals surface area contributed by atoms with Crippen LogP contribution in [0.1, 0.15) is 0 Å². The summed E-state index contributed by atoms with van der Waals surface area (Å²) >= 11 is 0. The Morgan fingerprint density at radius 3 is 2.38 bits per heavy atom. The van der Waals surface area contributed by atoms with Gasteiger partial charge in [0.2, 0.25) is 0 Å². The lowest BCUT2D eigenvalue weighted by Crippen LogP contribution is -1.84. The lowest BCUT2D eigenvalue weighted by molar-refractivity contribution is 0.768. The fourth-order valence-corrected chi connectivity index (χ4v) is 1.25. The van der Waals surface area contributed by atoms with Crippen LogP contribution in [-0.4, -0.2) is 9.78 Å². The van der Waals surface area contributed by atoms with Crippen LogP contribution in [0.4, 0.5) is 5.69 Å². The van der Waals surface area contributed by atoms with Crippen LogP contribution in [0.2, 0.25) is 0 Å². The Bertz CT molecular complexity index is 400. The molecule has 0 aliphatic rings. The zero-order valence-electron chi connectivity index (χ0n) is 7.44. The number of rotatable bonds is 1. The van der Waals surface area contributed by atoms with Gasteiger partial charge in [0, 0.05) is 24.5 Å². The summed E-state index contributed by atoms with van der Waals surface area (Å²) in [4.78, 5) is 0. The van der Waals surface area contributed by atoms with Crippen LogP contribution in [0.15, 0.2) is 36.7 Å². The monoisotopic (exact) mass is 173 g/mol. The molecule has 66 valence electrons. The average Bonchev–Trinajstić information content (AvgIpc) is 2.53. The van der Waals surface area contributed by atoms with E-state index < -0.39 is 0 Å². The number of aryl methyl sites for hydroxylation is 1. The van der Waals surface area contributed by atoms with Crippen molar-refractivity contribution in [2.24, 2.45) is 7.05 Å². The minimum atomic E-state index is 0.785. The molecule has 0 unspecified atom stereocenters. The van der Waals surface area contributed by atoms with Gasteiger partial charge in [0.05, 0.1) is 6.20 Å². The molecule has 0 bridgehead atoms. The first-order chi connectivity index (χ1) is 6.25. The maximum Gasteiger partial charge on any atom is 0.0568 e. The van der Waals surface area contributed by atoms with E-state index in [4.69, 9.17) is 5.73 Å². The van der Waals surface area contributed by atoms with E-state index in [-0.39, 0.29) is 0 Å². The van der Waals surface area contributed by atoms with Gasteiger partial charge in [-0.15, -0.1) is 0 Å². The van der Waals surface area contributed by atoms with Crippen molar-refractivity contribution in [2.45, 2.75) is 0 Å². The zero-order valence-corrected chi connectivity index (χ0v) is 7.44. The molecule has 0 saturated carbocycles. The topological polar surface area (TPSA) is 43.8 Å². The number of anilines is 1. The zero-order chi connectivity index (χ0) is 9.26. The van der Waals surface area contributed by atoms with Gasteiger partial charge < -0.3 is 5.73 Å². The maximum absolute atomic E-state index is 5.59. The molecule has 3 nitrogen and oxygen atoms in total. The highest BCUT2D eigenvalue weighted by atomic mass is 15.2. The van der Waals surface area contributed by atoms with Crippen molar-refractivity contribution in [3.63, 3.8) is 0 Å². The molecular formula is C10H11N3. The van der Waals surface area contributed by atoms with Gasteiger partial charge in [-0.05, 0) is 17.7 Å². The molecule has 1 heterocycles. The predicted octanol–water partition coefficient (Wildman–Crippen LogP) is 1.67. The highest BCUT2D eigenvalue weighted by molar-refractivity contribution is 5.63. The van der Waals surface area contributed by atoms with Crippen molar-refractivity contribution in [1.29, 1.82) is 0 Å². The summed E-state index contributed by atoms with van der Waals surface area (Å²) in [6.45, 7) is 0. The van der Waals surface area contributed by atoms with Crippen LogP contribution in [0.3, 0.4) is 0 Å². The molecule has 1 aromatic carbocycles. The second kappa shape index (κ2) is 2.94. The molecule has 1 aromatic heterocycles. The van der Waals surface area contributed by atoms with Gasteiger partial charge in [0.15, 0.2) is 0 Å². The second-order valence-corrected chi connectivity index (χ2v) is 3.02. The van der Waals surface area contributed by atoms with Crippen molar-refractivity contribution >= 4 is 5.69 Å². The van der Waals surface area contributed by atoms with Gasteiger partial charge in [-0.1, -0.05) is 12.1 Å². The van der Waals surface area contributed by atoms with E-state index in [0.717, 1.165) is 16.8 Å². The van der Waals surface area contributed by atoms with Gasteiger partial charge in [0.1, 0.15) is 0 Å². The first-order valence-electron chi connectivity index (χ1n) is 4.10. The Morgan fingerprint density at radius 2 is 1.85 bits per heavy atom. The summed E-state index contributed by atoms with van der Waals surface area (Å²) in [5.41, 5.74) is 8.63. The number of aromatic nitrogens is 2. The lowest BCUT2D eigenvalue weighted by Gasteiger charge is -1.96. The third-order valence-corrected chi connectivity index (χ3v) is 1.95. The van der Waals surface area contributed by atoms with Gasteiger partial charge in [-0.2, -0.15) is 5.10 Å². The number of hydrogen-bond acceptors (Lipinski definition) is 2. The SMILES string of the molecule is Cn1cc(-c2ccc(N)cc2)cn1. The molecule has 0 fully saturated rings. The molecule has 2 rings (SSSR count). The molecule has 0 aliphatic carbocycles. The maximum atomic E-state index is 5.59. The Balaban J connectivity index is 2.41. The summed E-state index contributed by atoms with van der Waals surface area (Å²) in [5, 5.41) is 4.10. The Morgan fingerprint density at radius 1 is 1.15 bits per heavy atom. The molecule has 0 aliphatic heterocycles. The van der Waals surface area contributed by atoms with E-state index in [1.807, 2.05) is 43.7 Å². The molecule has 3 heteroatoms. The van der Waals surface area contributed by atoms with Crippen LogP contribution in [-0.2, 0) is 7.05 Å². The van der Waals surface area contributed by atoms with Gasteiger partial charge in [-0.3, -0.25) is 4.68 Å². The summed E-state index contributed by atoms with van der Waals surface area (Å²) in [6, 6.07) is 7.77. The number of benzene rings is 1. The van der Waals surface area contributed by atoms with E-state index in [1.54, 1.807) is 4.68 Å². The Labute approximate surface area is 76.8 Å². The van der Waals surface area contributed by atoms with Crippen LogP contribution >= 0.6 is 0 Å². The number of nitrogen functional groups attached to an aromatic ring is 1. The minimum Gasteiger partial charge on any atom is -0.399 e. The van der Waals surface area contributed by atoms with Crippen molar-refractivity contribution in [2.75, 3.05) is 5.73 Å². The van der Waals surface area contributed by atoms with E-state index in [9.17, 15) is 0 Å². The normalized spacial score (nSPS) is 10.2. The summed E-state index contributed by atoms with van der Waals surface area (Å²) in [5.74, 6) is 0. The van der Waals surface area contributed by atoms with Gasteiger partial charge in [0.25, 0.3) is 0 Å². The van der Waals surface area contributed by atoms with Gasteiger partial charge in [-0.25, -0.2) is 0 Å². The fraction of sp³-hybridized carbons (Fsp3) is 0.100. The molecule has 13 heavy (non-hydrogen) atoms. The van der Waals surface area contributed by atoms with E-state index in [2.05, 4.69) is 5.10 Å². The molecule has 0 radical (unpaired) electrons. The van der Waals surface area contributed by atoms with Crippen LogP contribution < -0.4 is 5.73 Å². The molecule has 0 spiro atoms. The second-order valence-electron chi connectivity index (χ2n) is 3.02. The fourth-order valence-electron chi connectivity index (χ4n) is 1.25. The highest BCUT2D eigenvalue weighted by Gasteiger charge is 1.98. The molecule has 0 atom stereocenters. The predicted molar refractivity (Wildman–Crippen MR) is 53.1 cm³/mol. The van der Waals surface area contributed by atoms with Gasteiger partial charge >= 0.3 is 0 Å². The molecule has 0 amide bonds. The Hall–Kier alpha value is -1.77. The number of hydrogen-bond donors (Lipinski definition) is 1. The Kier molecular flexibility index (Phi) is 1.77. The molecule has 2 N–H and O–H groups in total. The third-order valence-electron chi connectivity index (χ3n) is 1.95. The van der Waals surface area contributed by atoms with Crippen LogP contribution in [0.5, 0.6) is 0 Å². The average molecular weight is 173 g/mol. The first kappa shape index (κ1) is 7.86. The minimum absolute atomic E-state index is 0.785. The summed E-state index contributed by atoms with van der Waals surface area (Å²) in [7, 11) is 1.90. The van der Waals surface area contributed by atoms with E-state index >= 15 is 0 Å². The van der Waals surface area contributed by atoms with Crippen molar-refractivity contribution in [3.8, 4) is 11.1 Å². The van der Waals surface area contributed by atoms with E-state index in [0.29, 0.717) is 0 Å². The standard InChI is InChI=1S/C10H11N3/c1-13-7-9(6-12-13)8-2-4-10(11)5-3-8/h2-7H,11H2,1H3.